The minimum Gasteiger partial charge on any atom is -0.395 e. The highest BCUT2D eigenvalue weighted by Gasteiger charge is 1.84. The third-order valence-electron chi connectivity index (χ3n) is 0.252. The summed E-state index contributed by atoms with van der Waals surface area (Å²) in [6.07, 6.45) is 0. The first kappa shape index (κ1) is 5.69. The molecular formula is C3H7IO. The van der Waals surface area contributed by atoms with E-state index in [-0.39, 0.29) is 0 Å². The van der Waals surface area contributed by atoms with E-state index in [2.05, 4.69) is 22.6 Å². The molecule has 0 fully saturated rings. The van der Waals surface area contributed by atoms with Gasteiger partial charge in [-0.25, -0.2) is 0 Å². The molecule has 0 rings (SSSR count). The van der Waals surface area contributed by atoms with Crippen LogP contribution in [-0.4, -0.2) is 15.6 Å². The summed E-state index contributed by atoms with van der Waals surface area (Å²) >= 11 is 2.16. The zero-order valence-electron chi connectivity index (χ0n) is 3.11. The van der Waals surface area contributed by atoms with E-state index in [1.807, 2.05) is 6.92 Å². The van der Waals surface area contributed by atoms with E-state index in [0.717, 1.165) is 0 Å². The molecule has 0 amide bonds. The number of rotatable bonds is 1. The average Bonchev–Trinajstić information content (AvgIpc) is 1.38. The first-order valence-corrected chi connectivity index (χ1v) is 2.77. The molecule has 0 saturated heterocycles. The van der Waals surface area contributed by atoms with Gasteiger partial charge in [-0.2, -0.15) is 0 Å². The lowest BCUT2D eigenvalue weighted by Gasteiger charge is -1.87. The number of alkyl halides is 1. The van der Waals surface area contributed by atoms with Crippen LogP contribution in [0.25, 0.3) is 0 Å². The van der Waals surface area contributed by atoms with Crippen molar-refractivity contribution in [3.8, 4) is 0 Å². The van der Waals surface area contributed by atoms with Crippen LogP contribution in [0.2, 0.25) is 0 Å². The van der Waals surface area contributed by atoms with Crippen LogP contribution in [0.1, 0.15) is 6.92 Å². The van der Waals surface area contributed by atoms with Gasteiger partial charge in [0.05, 0.1) is 6.61 Å². The molecule has 1 unspecified atom stereocenters. The van der Waals surface area contributed by atoms with E-state index < -0.39 is 0 Å². The summed E-state index contributed by atoms with van der Waals surface area (Å²) in [4.78, 5) is 0. The molecule has 0 spiro atoms. The Morgan fingerprint density at radius 3 is 2.20 bits per heavy atom. The van der Waals surface area contributed by atoms with E-state index in [4.69, 9.17) is 5.11 Å². The Balaban J connectivity index is 2.54. The van der Waals surface area contributed by atoms with Gasteiger partial charge in [-0.05, 0) is 0 Å². The van der Waals surface area contributed by atoms with Gasteiger partial charge < -0.3 is 5.11 Å². The van der Waals surface area contributed by atoms with Gasteiger partial charge in [0, 0.05) is 3.92 Å². The molecule has 2 heteroatoms. The Morgan fingerprint density at radius 2 is 2.20 bits per heavy atom. The highest BCUT2D eigenvalue weighted by atomic mass is 127. The first-order valence-electron chi connectivity index (χ1n) is 1.52. The van der Waals surface area contributed by atoms with Gasteiger partial charge in [0.15, 0.2) is 0 Å². The highest BCUT2D eigenvalue weighted by Crippen LogP contribution is 1.92. The van der Waals surface area contributed by atoms with Gasteiger partial charge in [0.2, 0.25) is 0 Å². The maximum absolute atomic E-state index is 8.14. The molecule has 5 heavy (non-hydrogen) atoms. The Morgan fingerprint density at radius 1 is 2.00 bits per heavy atom. The second-order valence-electron chi connectivity index (χ2n) is 0.963. The molecule has 0 aliphatic heterocycles. The lowest BCUT2D eigenvalue weighted by atomic mass is 10.5. The van der Waals surface area contributed by atoms with Crippen molar-refractivity contribution >= 4 is 22.6 Å². The summed E-state index contributed by atoms with van der Waals surface area (Å²) in [7, 11) is 0. The second kappa shape index (κ2) is 2.90. The largest absolute Gasteiger partial charge is 0.395 e. The minimum absolute atomic E-state index is 0.292. The molecule has 1 nitrogen and oxygen atoms in total. The van der Waals surface area contributed by atoms with Crippen LogP contribution < -0.4 is 0 Å². The van der Waals surface area contributed by atoms with Gasteiger partial charge in [-0.15, -0.1) is 0 Å². The number of hydrogen-bond acceptors (Lipinski definition) is 1. The van der Waals surface area contributed by atoms with Crippen LogP contribution in [0.3, 0.4) is 0 Å². The van der Waals surface area contributed by atoms with Gasteiger partial charge >= 0.3 is 0 Å². The van der Waals surface area contributed by atoms with Crippen LogP contribution in [0.5, 0.6) is 0 Å². The molecule has 0 aromatic carbocycles. The molecule has 0 radical (unpaired) electrons. The summed E-state index contributed by atoms with van der Waals surface area (Å²) in [6.45, 7) is 2.25. The fraction of sp³-hybridized carbons (Fsp3) is 1.00. The Labute approximate surface area is 45.5 Å². The fourth-order valence-corrected chi connectivity index (χ4v) is 0. The van der Waals surface area contributed by atoms with Gasteiger partial charge in [0.25, 0.3) is 0 Å². The molecule has 0 aromatic heterocycles. The Kier molecular flexibility index (Phi) is 3.30. The Hall–Kier alpha value is 0.690. The summed E-state index contributed by atoms with van der Waals surface area (Å²) in [6, 6.07) is 0. The zero-order chi connectivity index (χ0) is 4.28. The molecule has 0 aliphatic carbocycles. The van der Waals surface area contributed by atoms with Crippen molar-refractivity contribution < 1.29 is 5.11 Å². The van der Waals surface area contributed by atoms with Crippen molar-refractivity contribution in [3.63, 3.8) is 0 Å². The summed E-state index contributed by atoms with van der Waals surface area (Å²) in [5, 5.41) is 8.14. The molecule has 0 saturated carbocycles. The smallest absolute Gasteiger partial charge is 0.0546 e. The van der Waals surface area contributed by atoms with E-state index in [1.54, 1.807) is 0 Å². The summed E-state index contributed by atoms with van der Waals surface area (Å²) < 4.78 is 0.410. The normalized spacial score (nSPS) is 15.0. The average molecular weight is 186 g/mol. The maximum atomic E-state index is 8.14. The van der Waals surface area contributed by atoms with Crippen LogP contribution in [0.15, 0.2) is 0 Å². The van der Waals surface area contributed by atoms with Crippen molar-refractivity contribution in [3.05, 3.63) is 0 Å². The topological polar surface area (TPSA) is 20.2 Å². The van der Waals surface area contributed by atoms with Gasteiger partial charge in [-0.1, -0.05) is 29.5 Å². The highest BCUT2D eigenvalue weighted by molar-refractivity contribution is 14.1. The van der Waals surface area contributed by atoms with Crippen molar-refractivity contribution in [1.29, 1.82) is 0 Å². The predicted octanol–water partition coefficient (Wildman–Crippen LogP) is 0.802. The molecule has 0 bridgehead atoms. The number of halogens is 1. The van der Waals surface area contributed by atoms with Crippen molar-refractivity contribution in [1.82, 2.24) is 0 Å². The summed E-state index contributed by atoms with van der Waals surface area (Å²) in [5.74, 6) is 0. The van der Waals surface area contributed by atoms with Crippen LogP contribution in [0, 0.1) is 0 Å². The molecule has 32 valence electrons. The van der Waals surface area contributed by atoms with Crippen LogP contribution in [0.4, 0.5) is 0 Å². The molecule has 0 aromatic rings. The summed E-state index contributed by atoms with van der Waals surface area (Å²) in [5.41, 5.74) is 0. The second-order valence-corrected chi connectivity index (χ2v) is 3.09. The Bertz CT molecular complexity index is 20.9. The number of aliphatic hydroxyl groups excluding tert-OH is 1. The van der Waals surface area contributed by atoms with Crippen LogP contribution in [-0.2, 0) is 0 Å². The molecule has 0 heterocycles. The standard InChI is InChI=1S/C3H7IO/c1-3(4)2-5/h3,5H,2H2,1H3. The third-order valence-corrected chi connectivity index (χ3v) is 0.645. The lowest BCUT2D eigenvalue weighted by molar-refractivity contribution is 0.304. The molecule has 0 aliphatic rings. The van der Waals surface area contributed by atoms with E-state index in [9.17, 15) is 0 Å². The molecular weight excluding hydrogens is 179 g/mol. The van der Waals surface area contributed by atoms with E-state index in [1.165, 1.54) is 0 Å². The number of hydrogen-bond donors (Lipinski definition) is 1. The van der Waals surface area contributed by atoms with Crippen molar-refractivity contribution in [2.24, 2.45) is 0 Å². The SMILES string of the molecule is CC(I)CO. The maximum Gasteiger partial charge on any atom is 0.0546 e. The van der Waals surface area contributed by atoms with Crippen LogP contribution >= 0.6 is 22.6 Å². The lowest BCUT2D eigenvalue weighted by Crippen LogP contribution is -1.93. The number of aliphatic hydroxyl groups is 1. The van der Waals surface area contributed by atoms with E-state index in [0.29, 0.717) is 10.5 Å². The van der Waals surface area contributed by atoms with Crippen molar-refractivity contribution in [2.75, 3.05) is 6.61 Å². The van der Waals surface area contributed by atoms with Crippen molar-refractivity contribution in [2.45, 2.75) is 10.8 Å². The first-order chi connectivity index (χ1) is 2.27. The zero-order valence-corrected chi connectivity index (χ0v) is 5.27. The van der Waals surface area contributed by atoms with E-state index >= 15 is 0 Å². The third kappa shape index (κ3) is 4.69. The monoisotopic (exact) mass is 186 g/mol. The molecule has 1 N–H and O–H groups in total. The molecule has 1 atom stereocenters. The fourth-order valence-electron chi connectivity index (χ4n) is 0. The quantitative estimate of drug-likeness (QED) is 0.474. The predicted molar refractivity (Wildman–Crippen MR) is 30.6 cm³/mol. The minimum atomic E-state index is 0.292. The van der Waals surface area contributed by atoms with Gasteiger partial charge in [-0.3, -0.25) is 0 Å². The van der Waals surface area contributed by atoms with Gasteiger partial charge in [0.1, 0.15) is 0 Å².